The number of hydrogen-bond donors (Lipinski definition) is 1. The van der Waals surface area contributed by atoms with Crippen molar-refractivity contribution >= 4 is 0 Å². The number of rotatable bonds is 6. The molecule has 2 aliphatic rings. The minimum absolute atomic E-state index is 0.399. The van der Waals surface area contributed by atoms with Crippen LogP contribution in [0.15, 0.2) is 0 Å². The van der Waals surface area contributed by atoms with Crippen LogP contribution in [0, 0.1) is 5.92 Å². The molecule has 0 aromatic heterocycles. The smallest absolute Gasteiger partial charge is 0.0671 e. The van der Waals surface area contributed by atoms with Gasteiger partial charge in [0.15, 0.2) is 0 Å². The number of hydrogen-bond acceptors (Lipinski definition) is 2. The molecule has 2 rings (SSSR count). The van der Waals surface area contributed by atoms with Crippen LogP contribution in [0.25, 0.3) is 0 Å². The molecule has 1 N–H and O–H groups in total. The molecule has 2 fully saturated rings. The lowest BCUT2D eigenvalue weighted by Gasteiger charge is -2.16. The molecule has 0 radical (unpaired) electrons. The lowest BCUT2D eigenvalue weighted by Crippen LogP contribution is -2.29. The lowest BCUT2D eigenvalue weighted by molar-refractivity contribution is 0.0416. The fourth-order valence-corrected chi connectivity index (χ4v) is 2.16. The molecule has 0 saturated heterocycles. The molecule has 0 bridgehead atoms. The molecule has 2 saturated carbocycles. The Morgan fingerprint density at radius 3 is 2.57 bits per heavy atom. The first-order chi connectivity index (χ1) is 6.84. The minimum atomic E-state index is 0.399. The van der Waals surface area contributed by atoms with Crippen LogP contribution in [0.5, 0.6) is 0 Å². The quantitative estimate of drug-likeness (QED) is 0.705. The molecule has 14 heavy (non-hydrogen) atoms. The second kappa shape index (κ2) is 5.13. The fraction of sp³-hybridized carbons (Fsp3) is 1.00. The highest BCUT2D eigenvalue weighted by atomic mass is 16.5. The van der Waals surface area contributed by atoms with Gasteiger partial charge in [-0.1, -0.05) is 12.8 Å². The summed E-state index contributed by atoms with van der Waals surface area (Å²) in [6.45, 7) is 4.22. The average Bonchev–Trinajstić information content (AvgIpc) is 2.87. The standard InChI is InChI=1S/C12H23NO/c1-10(8-13-12-6-7-12)14-9-11-4-2-3-5-11/h10-13H,2-9H2,1H3. The summed E-state index contributed by atoms with van der Waals surface area (Å²) in [5.74, 6) is 0.860. The maximum atomic E-state index is 5.84. The van der Waals surface area contributed by atoms with E-state index in [1.807, 2.05) is 0 Å². The highest BCUT2D eigenvalue weighted by Gasteiger charge is 2.21. The van der Waals surface area contributed by atoms with E-state index < -0.39 is 0 Å². The maximum Gasteiger partial charge on any atom is 0.0671 e. The van der Waals surface area contributed by atoms with Crippen LogP contribution in [-0.2, 0) is 4.74 Å². The number of nitrogens with one attached hydrogen (secondary N) is 1. The first kappa shape index (κ1) is 10.4. The van der Waals surface area contributed by atoms with Crippen LogP contribution in [0.4, 0.5) is 0 Å². The van der Waals surface area contributed by atoms with E-state index in [0.717, 1.165) is 25.1 Å². The van der Waals surface area contributed by atoms with Crippen molar-refractivity contribution in [1.29, 1.82) is 0 Å². The Morgan fingerprint density at radius 1 is 1.21 bits per heavy atom. The first-order valence-electron chi connectivity index (χ1n) is 6.19. The summed E-state index contributed by atoms with van der Waals surface area (Å²) in [5, 5.41) is 3.51. The molecule has 1 atom stereocenters. The van der Waals surface area contributed by atoms with E-state index >= 15 is 0 Å². The average molecular weight is 197 g/mol. The maximum absolute atomic E-state index is 5.84. The summed E-state index contributed by atoms with van der Waals surface area (Å²) >= 11 is 0. The van der Waals surface area contributed by atoms with Crippen molar-refractivity contribution in [2.24, 2.45) is 5.92 Å². The summed E-state index contributed by atoms with van der Waals surface area (Å²) in [6.07, 6.45) is 8.76. The molecular weight excluding hydrogens is 174 g/mol. The topological polar surface area (TPSA) is 21.3 Å². The Hall–Kier alpha value is -0.0800. The fourth-order valence-electron chi connectivity index (χ4n) is 2.16. The van der Waals surface area contributed by atoms with Crippen LogP contribution in [0.1, 0.15) is 45.4 Å². The van der Waals surface area contributed by atoms with E-state index in [9.17, 15) is 0 Å². The molecule has 0 aliphatic heterocycles. The molecule has 0 spiro atoms. The van der Waals surface area contributed by atoms with Gasteiger partial charge in [-0.3, -0.25) is 0 Å². The zero-order valence-electron chi connectivity index (χ0n) is 9.30. The summed E-state index contributed by atoms with van der Waals surface area (Å²) in [5.41, 5.74) is 0. The van der Waals surface area contributed by atoms with E-state index in [2.05, 4.69) is 12.2 Å². The monoisotopic (exact) mass is 197 g/mol. The third kappa shape index (κ3) is 3.58. The van der Waals surface area contributed by atoms with E-state index in [4.69, 9.17) is 4.74 Å². The van der Waals surface area contributed by atoms with Gasteiger partial charge in [0.05, 0.1) is 6.10 Å². The molecule has 1 unspecified atom stereocenters. The summed E-state index contributed by atoms with van der Waals surface area (Å²) in [4.78, 5) is 0. The second-order valence-corrected chi connectivity index (χ2v) is 4.98. The van der Waals surface area contributed by atoms with Crippen molar-refractivity contribution < 1.29 is 4.74 Å². The summed E-state index contributed by atoms with van der Waals surface area (Å²) in [6, 6.07) is 0.813. The van der Waals surface area contributed by atoms with Crippen molar-refractivity contribution in [2.45, 2.75) is 57.6 Å². The van der Waals surface area contributed by atoms with E-state index in [0.29, 0.717) is 6.10 Å². The van der Waals surface area contributed by atoms with Gasteiger partial charge in [0.2, 0.25) is 0 Å². The molecule has 82 valence electrons. The Morgan fingerprint density at radius 2 is 1.93 bits per heavy atom. The van der Waals surface area contributed by atoms with Gasteiger partial charge in [0.1, 0.15) is 0 Å². The van der Waals surface area contributed by atoms with Gasteiger partial charge in [0, 0.05) is 19.2 Å². The highest BCUT2D eigenvalue weighted by molar-refractivity contribution is 4.81. The largest absolute Gasteiger partial charge is 0.377 e. The van der Waals surface area contributed by atoms with Gasteiger partial charge in [-0.05, 0) is 38.5 Å². The van der Waals surface area contributed by atoms with Crippen molar-refractivity contribution in [2.75, 3.05) is 13.2 Å². The first-order valence-corrected chi connectivity index (χ1v) is 6.19. The van der Waals surface area contributed by atoms with Gasteiger partial charge in [-0.15, -0.1) is 0 Å². The van der Waals surface area contributed by atoms with Gasteiger partial charge in [-0.2, -0.15) is 0 Å². The Labute approximate surface area is 87.4 Å². The van der Waals surface area contributed by atoms with Crippen LogP contribution in [-0.4, -0.2) is 25.3 Å². The molecule has 2 aliphatic carbocycles. The van der Waals surface area contributed by atoms with Crippen LogP contribution >= 0.6 is 0 Å². The SMILES string of the molecule is CC(CNC1CC1)OCC1CCCC1. The van der Waals surface area contributed by atoms with Gasteiger partial charge < -0.3 is 10.1 Å². The van der Waals surface area contributed by atoms with E-state index in [1.165, 1.54) is 38.5 Å². The Kier molecular flexibility index (Phi) is 3.82. The van der Waals surface area contributed by atoms with Crippen molar-refractivity contribution in [3.63, 3.8) is 0 Å². The highest BCUT2D eigenvalue weighted by Crippen LogP contribution is 2.25. The predicted molar refractivity (Wildman–Crippen MR) is 58.4 cm³/mol. The summed E-state index contributed by atoms with van der Waals surface area (Å²) < 4.78 is 5.84. The third-order valence-corrected chi connectivity index (χ3v) is 3.36. The minimum Gasteiger partial charge on any atom is -0.377 e. The van der Waals surface area contributed by atoms with Crippen LogP contribution in [0.2, 0.25) is 0 Å². The molecule has 0 heterocycles. The molecule has 0 amide bonds. The van der Waals surface area contributed by atoms with Crippen LogP contribution < -0.4 is 5.32 Å². The summed E-state index contributed by atoms with van der Waals surface area (Å²) in [7, 11) is 0. The molecule has 0 aromatic carbocycles. The Bertz CT molecular complexity index is 162. The normalized spacial score (nSPS) is 25.5. The third-order valence-electron chi connectivity index (χ3n) is 3.36. The van der Waals surface area contributed by atoms with Gasteiger partial charge >= 0.3 is 0 Å². The van der Waals surface area contributed by atoms with E-state index in [1.54, 1.807) is 0 Å². The molecule has 2 heteroatoms. The van der Waals surface area contributed by atoms with Gasteiger partial charge in [0.25, 0.3) is 0 Å². The van der Waals surface area contributed by atoms with E-state index in [-0.39, 0.29) is 0 Å². The molecular formula is C12H23NO. The molecule has 0 aromatic rings. The van der Waals surface area contributed by atoms with Crippen molar-refractivity contribution in [3.05, 3.63) is 0 Å². The lowest BCUT2D eigenvalue weighted by atomic mass is 10.1. The van der Waals surface area contributed by atoms with Crippen molar-refractivity contribution in [3.8, 4) is 0 Å². The number of ether oxygens (including phenoxy) is 1. The van der Waals surface area contributed by atoms with Crippen LogP contribution in [0.3, 0.4) is 0 Å². The predicted octanol–water partition coefficient (Wildman–Crippen LogP) is 2.33. The Balaban J connectivity index is 1.50. The zero-order chi connectivity index (χ0) is 9.80. The van der Waals surface area contributed by atoms with Crippen molar-refractivity contribution in [1.82, 2.24) is 5.32 Å². The van der Waals surface area contributed by atoms with Gasteiger partial charge in [-0.25, -0.2) is 0 Å². The second-order valence-electron chi connectivity index (χ2n) is 4.98. The molecule has 2 nitrogen and oxygen atoms in total. The zero-order valence-corrected chi connectivity index (χ0v) is 9.30.